The van der Waals surface area contributed by atoms with Gasteiger partial charge in [-0.05, 0) is 59.4 Å². The van der Waals surface area contributed by atoms with E-state index < -0.39 is 0 Å². The Morgan fingerprint density at radius 3 is 2.75 bits per heavy atom. The Labute approximate surface area is 209 Å². The Kier molecular flexibility index (Phi) is 5.59. The van der Waals surface area contributed by atoms with Gasteiger partial charge in [-0.2, -0.15) is 0 Å². The molecule has 0 spiro atoms. The number of imidazole rings is 1. The molecule has 0 saturated heterocycles. The molecule has 0 aliphatic heterocycles. The van der Waals surface area contributed by atoms with Gasteiger partial charge in [0.15, 0.2) is 5.76 Å². The minimum Gasteiger partial charge on any atom is -0.488 e. The lowest BCUT2D eigenvalue weighted by molar-refractivity contribution is 0.102. The predicted molar refractivity (Wildman–Crippen MR) is 138 cm³/mol. The minimum atomic E-state index is -0.155. The molecule has 0 unspecified atom stereocenters. The number of fused-ring (bicyclic) bond motifs is 2. The standard InChI is InChI=1S/C27H20N4O4S/c1-33-27-30-31-15-21(29-26(31)36-27)24-14-20-22(11-6-12-23(20)35-24)34-16-17-7-5-10-19(13-17)28-25(32)18-8-3-2-4-9-18/h2-15H,16H2,1H3,(H,28,32). The van der Waals surface area contributed by atoms with Crippen molar-refractivity contribution in [1.82, 2.24) is 14.6 Å². The number of carbonyl (C=O) groups is 1. The van der Waals surface area contributed by atoms with Gasteiger partial charge in [0, 0.05) is 11.3 Å². The van der Waals surface area contributed by atoms with E-state index in [4.69, 9.17) is 13.9 Å². The highest BCUT2D eigenvalue weighted by Crippen LogP contribution is 2.34. The molecule has 3 heterocycles. The average molecular weight is 497 g/mol. The summed E-state index contributed by atoms with van der Waals surface area (Å²) >= 11 is 1.36. The lowest BCUT2D eigenvalue weighted by Gasteiger charge is -2.10. The second-order valence-electron chi connectivity index (χ2n) is 8.01. The molecule has 0 radical (unpaired) electrons. The van der Waals surface area contributed by atoms with Gasteiger partial charge in [0.05, 0.1) is 18.7 Å². The molecule has 3 aromatic heterocycles. The number of anilines is 1. The maximum atomic E-state index is 12.5. The molecule has 0 bridgehead atoms. The lowest BCUT2D eigenvalue weighted by Crippen LogP contribution is -2.11. The molecule has 9 heteroatoms. The molecule has 0 aliphatic carbocycles. The van der Waals surface area contributed by atoms with Crippen molar-refractivity contribution >= 4 is 38.9 Å². The van der Waals surface area contributed by atoms with Crippen LogP contribution in [-0.2, 0) is 6.61 Å². The fourth-order valence-electron chi connectivity index (χ4n) is 3.86. The molecule has 0 atom stereocenters. The molecular weight excluding hydrogens is 476 g/mol. The number of hydrogen-bond acceptors (Lipinski definition) is 7. The number of nitrogens with one attached hydrogen (secondary N) is 1. The van der Waals surface area contributed by atoms with Crippen LogP contribution in [0, 0.1) is 0 Å². The Morgan fingerprint density at radius 1 is 1.06 bits per heavy atom. The second kappa shape index (κ2) is 9.20. The van der Waals surface area contributed by atoms with Crippen molar-refractivity contribution in [2.24, 2.45) is 0 Å². The van der Waals surface area contributed by atoms with Gasteiger partial charge in [0.2, 0.25) is 4.96 Å². The van der Waals surface area contributed by atoms with Crippen LogP contribution in [0.5, 0.6) is 10.9 Å². The van der Waals surface area contributed by atoms with E-state index in [9.17, 15) is 4.79 Å². The third kappa shape index (κ3) is 4.27. The van der Waals surface area contributed by atoms with Gasteiger partial charge in [0.25, 0.3) is 11.1 Å². The molecule has 0 saturated carbocycles. The number of carbonyl (C=O) groups excluding carboxylic acids is 1. The molecule has 3 aromatic carbocycles. The van der Waals surface area contributed by atoms with E-state index in [1.54, 1.807) is 23.8 Å². The highest BCUT2D eigenvalue weighted by molar-refractivity contribution is 7.18. The zero-order chi connectivity index (χ0) is 24.5. The first-order valence-electron chi connectivity index (χ1n) is 11.2. The molecule has 1 amide bonds. The van der Waals surface area contributed by atoms with Crippen LogP contribution in [0.4, 0.5) is 5.69 Å². The Hall–Kier alpha value is -4.63. The van der Waals surface area contributed by atoms with Crippen molar-refractivity contribution in [3.05, 3.63) is 96.2 Å². The zero-order valence-corrected chi connectivity index (χ0v) is 20.0. The van der Waals surface area contributed by atoms with Gasteiger partial charge in [-0.1, -0.05) is 36.4 Å². The molecule has 0 fully saturated rings. The predicted octanol–water partition coefficient (Wildman–Crippen LogP) is 6.04. The number of nitrogens with zero attached hydrogens (tertiary/aromatic N) is 3. The monoisotopic (exact) mass is 496 g/mol. The quantitative estimate of drug-likeness (QED) is 0.290. The lowest BCUT2D eigenvalue weighted by atomic mass is 10.2. The summed E-state index contributed by atoms with van der Waals surface area (Å²) in [5, 5.41) is 8.64. The van der Waals surface area contributed by atoms with Crippen molar-refractivity contribution in [3.8, 4) is 22.4 Å². The van der Waals surface area contributed by atoms with Gasteiger partial charge in [-0.15, -0.1) is 5.10 Å². The molecular formula is C27H20N4O4S. The van der Waals surface area contributed by atoms with Gasteiger partial charge < -0.3 is 19.2 Å². The van der Waals surface area contributed by atoms with Crippen molar-refractivity contribution in [3.63, 3.8) is 0 Å². The number of benzene rings is 3. The van der Waals surface area contributed by atoms with E-state index in [0.717, 1.165) is 15.9 Å². The van der Waals surface area contributed by atoms with Crippen LogP contribution < -0.4 is 14.8 Å². The summed E-state index contributed by atoms with van der Waals surface area (Å²) in [4.78, 5) is 17.8. The third-order valence-electron chi connectivity index (χ3n) is 5.59. The normalized spacial score (nSPS) is 11.1. The number of amides is 1. The molecule has 6 aromatic rings. The molecule has 8 nitrogen and oxygen atoms in total. The first-order chi connectivity index (χ1) is 17.7. The number of rotatable bonds is 7. The van der Waals surface area contributed by atoms with Gasteiger partial charge in [-0.25, -0.2) is 9.50 Å². The fourth-order valence-corrected chi connectivity index (χ4v) is 4.56. The summed E-state index contributed by atoms with van der Waals surface area (Å²) < 4.78 is 19.0. The van der Waals surface area contributed by atoms with Gasteiger partial charge in [0.1, 0.15) is 23.6 Å². The fraction of sp³-hybridized carbons (Fsp3) is 0.0741. The highest BCUT2D eigenvalue weighted by atomic mass is 32.1. The van der Waals surface area contributed by atoms with Crippen molar-refractivity contribution in [2.75, 3.05) is 12.4 Å². The Bertz CT molecular complexity index is 1650. The highest BCUT2D eigenvalue weighted by Gasteiger charge is 2.16. The molecule has 1 N–H and O–H groups in total. The Balaban J connectivity index is 1.20. The van der Waals surface area contributed by atoms with E-state index >= 15 is 0 Å². The van der Waals surface area contributed by atoms with E-state index in [1.165, 1.54) is 11.3 Å². The summed E-state index contributed by atoms with van der Waals surface area (Å²) in [6, 6.07) is 24.3. The van der Waals surface area contributed by atoms with Crippen molar-refractivity contribution in [1.29, 1.82) is 0 Å². The number of furan rings is 1. The third-order valence-corrected chi connectivity index (χ3v) is 6.47. The van der Waals surface area contributed by atoms with E-state index in [2.05, 4.69) is 15.4 Å². The average Bonchev–Trinajstić information content (AvgIpc) is 3.61. The maximum absolute atomic E-state index is 12.5. The van der Waals surface area contributed by atoms with E-state index in [-0.39, 0.29) is 5.91 Å². The number of aromatic nitrogens is 3. The van der Waals surface area contributed by atoms with Crippen molar-refractivity contribution in [2.45, 2.75) is 6.61 Å². The summed E-state index contributed by atoms with van der Waals surface area (Å²) in [6.07, 6.45) is 1.81. The van der Waals surface area contributed by atoms with Crippen LogP contribution in [0.1, 0.15) is 15.9 Å². The molecule has 36 heavy (non-hydrogen) atoms. The first kappa shape index (κ1) is 21.9. The van der Waals surface area contributed by atoms with Crippen molar-refractivity contribution < 1.29 is 18.7 Å². The van der Waals surface area contributed by atoms with Crippen LogP contribution in [0.2, 0.25) is 0 Å². The summed E-state index contributed by atoms with van der Waals surface area (Å²) in [6.45, 7) is 0.332. The number of hydrogen-bond donors (Lipinski definition) is 1. The maximum Gasteiger partial charge on any atom is 0.294 e. The first-order valence-corrected chi connectivity index (χ1v) is 12.0. The summed E-state index contributed by atoms with van der Waals surface area (Å²) in [5.74, 6) is 1.17. The minimum absolute atomic E-state index is 0.155. The van der Waals surface area contributed by atoms with Gasteiger partial charge in [-0.3, -0.25) is 4.79 Å². The van der Waals surface area contributed by atoms with Crippen LogP contribution in [0.15, 0.2) is 89.5 Å². The van der Waals surface area contributed by atoms with E-state index in [0.29, 0.717) is 45.8 Å². The van der Waals surface area contributed by atoms with Crippen LogP contribution in [-0.4, -0.2) is 27.6 Å². The molecule has 6 rings (SSSR count). The smallest absolute Gasteiger partial charge is 0.294 e. The van der Waals surface area contributed by atoms with E-state index in [1.807, 2.05) is 72.9 Å². The SMILES string of the molecule is COc1nn2cc(-c3cc4c(OCc5cccc(NC(=O)c6ccccc6)c5)cccc4o3)nc2s1. The zero-order valence-electron chi connectivity index (χ0n) is 19.2. The Morgan fingerprint density at radius 2 is 1.92 bits per heavy atom. The largest absolute Gasteiger partial charge is 0.488 e. The summed E-state index contributed by atoms with van der Waals surface area (Å²) in [5.41, 5.74) is 3.62. The molecule has 178 valence electrons. The second-order valence-corrected chi connectivity index (χ2v) is 8.93. The van der Waals surface area contributed by atoms with Crippen LogP contribution >= 0.6 is 11.3 Å². The number of ether oxygens (including phenoxy) is 2. The van der Waals surface area contributed by atoms with Crippen LogP contribution in [0.25, 0.3) is 27.4 Å². The molecule has 0 aliphatic rings. The van der Waals surface area contributed by atoms with Crippen LogP contribution in [0.3, 0.4) is 0 Å². The summed E-state index contributed by atoms with van der Waals surface area (Å²) in [7, 11) is 1.58. The topological polar surface area (TPSA) is 90.9 Å². The van der Waals surface area contributed by atoms with Gasteiger partial charge >= 0.3 is 0 Å². The number of methoxy groups -OCH3 is 1.